The van der Waals surface area contributed by atoms with Crippen molar-refractivity contribution in [3.8, 4) is 5.75 Å². The fraction of sp³-hybridized carbons (Fsp3) is 0.500. The van der Waals surface area contributed by atoms with Crippen LogP contribution in [0.1, 0.15) is 19.4 Å². The van der Waals surface area contributed by atoms with Crippen LogP contribution in [0, 0.1) is 5.92 Å². The standard InChI is InChI=1S/C14H20N2OS/c1-10-9-18-14(16-11(10)2)15-8-12-6-4-5-7-13(12)17-3/h4-7,10-11H,8-9H2,1-3H3,(H,15,16). The summed E-state index contributed by atoms with van der Waals surface area (Å²) in [6.45, 7) is 5.14. The van der Waals surface area contributed by atoms with E-state index in [1.807, 2.05) is 18.2 Å². The minimum absolute atomic E-state index is 0.502. The molecule has 1 aromatic rings. The molecule has 98 valence electrons. The van der Waals surface area contributed by atoms with E-state index in [1.165, 1.54) is 0 Å². The Morgan fingerprint density at radius 1 is 1.39 bits per heavy atom. The van der Waals surface area contributed by atoms with E-state index in [0.29, 0.717) is 18.5 Å². The number of methoxy groups -OCH3 is 1. The molecule has 0 saturated carbocycles. The monoisotopic (exact) mass is 264 g/mol. The average Bonchev–Trinajstić information content (AvgIpc) is 2.40. The molecule has 2 unspecified atom stereocenters. The summed E-state index contributed by atoms with van der Waals surface area (Å²) in [5.74, 6) is 2.74. The van der Waals surface area contributed by atoms with Crippen LogP contribution in [0.15, 0.2) is 29.3 Å². The highest BCUT2D eigenvalue weighted by molar-refractivity contribution is 8.13. The fourth-order valence-electron chi connectivity index (χ4n) is 1.82. The van der Waals surface area contributed by atoms with Gasteiger partial charge in [0.2, 0.25) is 0 Å². The normalized spacial score (nSPS) is 25.8. The van der Waals surface area contributed by atoms with Gasteiger partial charge in [-0.3, -0.25) is 4.99 Å². The van der Waals surface area contributed by atoms with Crippen LogP contribution >= 0.6 is 11.8 Å². The first-order valence-electron chi connectivity index (χ1n) is 6.26. The van der Waals surface area contributed by atoms with Crippen molar-refractivity contribution in [2.24, 2.45) is 10.9 Å². The molecule has 1 N–H and O–H groups in total. The van der Waals surface area contributed by atoms with Crippen LogP contribution in [0.5, 0.6) is 5.75 Å². The van der Waals surface area contributed by atoms with Gasteiger partial charge in [0, 0.05) is 17.4 Å². The molecule has 18 heavy (non-hydrogen) atoms. The molecule has 1 heterocycles. The molecular weight excluding hydrogens is 244 g/mol. The Hall–Kier alpha value is -1.16. The van der Waals surface area contributed by atoms with Gasteiger partial charge in [-0.15, -0.1) is 0 Å². The highest BCUT2D eigenvalue weighted by Crippen LogP contribution is 2.22. The van der Waals surface area contributed by atoms with Gasteiger partial charge in [-0.05, 0) is 18.9 Å². The summed E-state index contributed by atoms with van der Waals surface area (Å²) < 4.78 is 5.33. The lowest BCUT2D eigenvalue weighted by Gasteiger charge is -2.28. The lowest BCUT2D eigenvalue weighted by molar-refractivity contribution is 0.410. The Bertz CT molecular complexity index is 434. The van der Waals surface area contributed by atoms with Crippen LogP contribution in [0.3, 0.4) is 0 Å². The number of nitrogens with zero attached hydrogens (tertiary/aromatic N) is 1. The third-order valence-corrected chi connectivity index (χ3v) is 4.49. The Morgan fingerprint density at radius 3 is 2.89 bits per heavy atom. The lowest BCUT2D eigenvalue weighted by Crippen LogP contribution is -2.41. The highest BCUT2D eigenvalue weighted by Gasteiger charge is 2.20. The number of para-hydroxylation sites is 1. The molecule has 2 atom stereocenters. The molecule has 4 heteroatoms. The number of hydrogen-bond donors (Lipinski definition) is 1. The number of ether oxygens (including phenoxy) is 1. The van der Waals surface area contributed by atoms with Crippen molar-refractivity contribution < 1.29 is 4.74 Å². The zero-order chi connectivity index (χ0) is 13.0. The number of nitrogens with one attached hydrogen (secondary N) is 1. The van der Waals surface area contributed by atoms with Crippen LogP contribution in [0.4, 0.5) is 0 Å². The molecule has 1 aliphatic heterocycles. The number of rotatable bonds is 3. The first-order chi connectivity index (χ1) is 8.70. The van der Waals surface area contributed by atoms with Gasteiger partial charge in [0.15, 0.2) is 5.17 Å². The van der Waals surface area contributed by atoms with Crippen molar-refractivity contribution >= 4 is 16.9 Å². The Balaban J connectivity index is 2.02. The SMILES string of the molecule is COc1ccccc1CN=C1NC(C)C(C)CS1. The number of thioether (sulfide) groups is 1. The molecule has 0 aliphatic carbocycles. The zero-order valence-electron chi connectivity index (χ0n) is 11.1. The number of benzene rings is 1. The second-order valence-corrected chi connectivity index (χ2v) is 5.66. The molecule has 1 aliphatic rings. The lowest BCUT2D eigenvalue weighted by atomic mass is 10.1. The second kappa shape index (κ2) is 6.14. The largest absolute Gasteiger partial charge is 0.496 e. The summed E-state index contributed by atoms with van der Waals surface area (Å²) in [4.78, 5) is 4.64. The molecule has 3 nitrogen and oxygen atoms in total. The van der Waals surface area contributed by atoms with Gasteiger partial charge in [-0.25, -0.2) is 0 Å². The third-order valence-electron chi connectivity index (χ3n) is 3.27. The molecule has 1 aromatic carbocycles. The summed E-state index contributed by atoms with van der Waals surface area (Å²) in [5, 5.41) is 4.49. The van der Waals surface area contributed by atoms with E-state index < -0.39 is 0 Å². The van der Waals surface area contributed by atoms with E-state index in [4.69, 9.17) is 4.74 Å². The zero-order valence-corrected chi connectivity index (χ0v) is 12.0. The molecule has 0 spiro atoms. The number of hydrogen-bond acceptors (Lipinski definition) is 3. The average molecular weight is 264 g/mol. The first-order valence-corrected chi connectivity index (χ1v) is 7.25. The first kappa shape index (κ1) is 13.3. The minimum Gasteiger partial charge on any atom is -0.496 e. The maximum absolute atomic E-state index is 5.33. The highest BCUT2D eigenvalue weighted by atomic mass is 32.2. The maximum Gasteiger partial charge on any atom is 0.157 e. The molecule has 0 radical (unpaired) electrons. The van der Waals surface area contributed by atoms with Crippen LogP contribution in [-0.4, -0.2) is 24.1 Å². The Morgan fingerprint density at radius 2 is 2.17 bits per heavy atom. The van der Waals surface area contributed by atoms with Gasteiger partial charge < -0.3 is 10.1 Å². The molecular formula is C14H20N2OS. The summed E-state index contributed by atoms with van der Waals surface area (Å²) >= 11 is 1.81. The van der Waals surface area contributed by atoms with Gasteiger partial charge in [-0.2, -0.15) is 0 Å². The van der Waals surface area contributed by atoms with E-state index in [1.54, 1.807) is 18.9 Å². The number of amidine groups is 1. The molecule has 0 amide bonds. The van der Waals surface area contributed by atoms with E-state index >= 15 is 0 Å². The molecule has 0 bridgehead atoms. The maximum atomic E-state index is 5.33. The van der Waals surface area contributed by atoms with Crippen molar-refractivity contribution in [2.75, 3.05) is 12.9 Å². The van der Waals surface area contributed by atoms with Gasteiger partial charge in [0.25, 0.3) is 0 Å². The predicted octanol–water partition coefficient (Wildman–Crippen LogP) is 2.91. The van der Waals surface area contributed by atoms with Crippen molar-refractivity contribution in [3.05, 3.63) is 29.8 Å². The Kier molecular flexibility index (Phi) is 4.53. The van der Waals surface area contributed by atoms with Crippen molar-refractivity contribution in [2.45, 2.75) is 26.4 Å². The summed E-state index contributed by atoms with van der Waals surface area (Å²) in [6.07, 6.45) is 0. The predicted molar refractivity (Wildman–Crippen MR) is 78.4 cm³/mol. The summed E-state index contributed by atoms with van der Waals surface area (Å²) in [5.41, 5.74) is 1.13. The van der Waals surface area contributed by atoms with Gasteiger partial charge in [0.1, 0.15) is 5.75 Å². The fourth-order valence-corrected chi connectivity index (χ4v) is 2.95. The van der Waals surface area contributed by atoms with E-state index in [0.717, 1.165) is 22.2 Å². The molecule has 2 rings (SSSR count). The minimum atomic E-state index is 0.502. The van der Waals surface area contributed by atoms with E-state index in [2.05, 4.69) is 30.2 Å². The van der Waals surface area contributed by atoms with Crippen molar-refractivity contribution in [3.63, 3.8) is 0 Å². The second-order valence-electron chi connectivity index (χ2n) is 4.65. The van der Waals surface area contributed by atoms with E-state index in [9.17, 15) is 0 Å². The van der Waals surface area contributed by atoms with Crippen molar-refractivity contribution in [1.82, 2.24) is 5.32 Å². The number of aliphatic imine (C=N–C) groups is 1. The topological polar surface area (TPSA) is 33.6 Å². The molecule has 1 fully saturated rings. The Labute approximate surface area is 113 Å². The smallest absolute Gasteiger partial charge is 0.157 e. The van der Waals surface area contributed by atoms with Crippen LogP contribution < -0.4 is 10.1 Å². The van der Waals surface area contributed by atoms with E-state index in [-0.39, 0.29) is 0 Å². The van der Waals surface area contributed by atoms with Gasteiger partial charge in [0.05, 0.1) is 13.7 Å². The van der Waals surface area contributed by atoms with Crippen LogP contribution in [0.2, 0.25) is 0 Å². The molecule has 0 aromatic heterocycles. The van der Waals surface area contributed by atoms with Crippen molar-refractivity contribution in [1.29, 1.82) is 0 Å². The quantitative estimate of drug-likeness (QED) is 0.911. The van der Waals surface area contributed by atoms with Crippen LogP contribution in [0.25, 0.3) is 0 Å². The summed E-state index contributed by atoms with van der Waals surface area (Å²) in [6, 6.07) is 8.53. The third kappa shape index (κ3) is 3.19. The summed E-state index contributed by atoms with van der Waals surface area (Å²) in [7, 11) is 1.70. The van der Waals surface area contributed by atoms with Gasteiger partial charge in [-0.1, -0.05) is 36.9 Å². The van der Waals surface area contributed by atoms with Crippen LogP contribution in [-0.2, 0) is 6.54 Å². The van der Waals surface area contributed by atoms with Gasteiger partial charge >= 0.3 is 0 Å². The molecule has 1 saturated heterocycles.